The molecule has 1 saturated heterocycles. The Morgan fingerprint density at radius 1 is 1.20 bits per heavy atom. The zero-order valence-electron chi connectivity index (χ0n) is 16.2. The lowest BCUT2D eigenvalue weighted by molar-refractivity contribution is -0.121. The molecule has 0 spiro atoms. The number of hydrogen-bond donors (Lipinski definition) is 2. The van der Waals surface area contributed by atoms with Crippen molar-refractivity contribution < 1.29 is 29.1 Å². The molecule has 0 aromatic heterocycles. The largest absolute Gasteiger partial charge is 0.486 e. The number of aliphatic hydroxyl groups is 1. The topological polar surface area (TPSA) is 96.1 Å². The minimum absolute atomic E-state index is 0.348. The summed E-state index contributed by atoms with van der Waals surface area (Å²) in [6.07, 6.45) is 2.14. The molecular weight excluding hydrogens is 408 g/mol. The molecule has 3 heterocycles. The van der Waals surface area contributed by atoms with Crippen molar-refractivity contribution in [3.8, 4) is 11.5 Å². The first-order valence-corrected chi connectivity index (χ1v) is 10.3. The second-order valence-corrected chi connectivity index (χ2v) is 8.34. The predicted molar refractivity (Wildman–Crippen MR) is 108 cm³/mol. The number of carbonyl (C=O) groups excluding carboxylic acids is 1. The van der Waals surface area contributed by atoms with Gasteiger partial charge in [-0.25, -0.2) is 0 Å². The molecule has 3 aliphatic rings. The molecule has 0 aliphatic carbocycles. The first-order chi connectivity index (χ1) is 14.5. The monoisotopic (exact) mass is 428 g/mol. The highest BCUT2D eigenvalue weighted by atomic mass is 32.2. The second kappa shape index (κ2) is 7.51. The van der Waals surface area contributed by atoms with E-state index in [4.69, 9.17) is 19.2 Å². The molecule has 1 fully saturated rings. The fourth-order valence-electron chi connectivity index (χ4n) is 3.43. The minimum Gasteiger partial charge on any atom is -0.486 e. The number of ether oxygens (including phenoxy) is 2. The minimum atomic E-state index is -1.82. The maximum absolute atomic E-state index is 13.1. The van der Waals surface area contributed by atoms with Crippen LogP contribution in [0.15, 0.2) is 53.1 Å². The molecule has 30 heavy (non-hydrogen) atoms. The third kappa shape index (κ3) is 3.72. The highest BCUT2D eigenvalue weighted by Gasteiger charge is 2.55. The summed E-state index contributed by atoms with van der Waals surface area (Å²) in [6.45, 7) is 1.02. The van der Waals surface area contributed by atoms with E-state index in [1.807, 2.05) is 42.5 Å². The van der Waals surface area contributed by atoms with E-state index in [1.54, 1.807) is 17.4 Å². The van der Waals surface area contributed by atoms with E-state index in [2.05, 4.69) is 5.32 Å². The molecule has 0 saturated carbocycles. The molecule has 2 aromatic carbocycles. The standard InChI is InChI=1S/C21H20N2O6S/c1-23-15(10-14-11-16-17(12-18(14)30-23)27-8-7-26-16)20(24)22-19(21(25)28-29-21)9-13-5-3-2-4-6-13/h2-6,10-12,19,25H,7-9H2,1H3,(H,22,24)/t19-/m0/s1. The van der Waals surface area contributed by atoms with E-state index < -0.39 is 12.0 Å². The predicted octanol–water partition coefficient (Wildman–Crippen LogP) is 2.09. The molecule has 0 unspecified atom stereocenters. The van der Waals surface area contributed by atoms with Gasteiger partial charge in [-0.3, -0.25) is 4.79 Å². The van der Waals surface area contributed by atoms with Crippen LogP contribution in [0, 0.1) is 0 Å². The summed E-state index contributed by atoms with van der Waals surface area (Å²) in [6, 6.07) is 12.5. The first-order valence-electron chi connectivity index (χ1n) is 9.53. The number of carbonyl (C=O) groups is 1. The molecule has 2 N–H and O–H groups in total. The third-order valence-electron chi connectivity index (χ3n) is 5.06. The smallest absolute Gasteiger partial charge is 0.358 e. The molecular formula is C21H20N2O6S. The van der Waals surface area contributed by atoms with E-state index in [0.717, 1.165) is 16.0 Å². The molecule has 1 atom stereocenters. The van der Waals surface area contributed by atoms with Gasteiger partial charge in [0.25, 0.3) is 5.91 Å². The first kappa shape index (κ1) is 19.3. The average molecular weight is 428 g/mol. The van der Waals surface area contributed by atoms with E-state index in [1.165, 1.54) is 11.9 Å². The van der Waals surface area contributed by atoms with Gasteiger partial charge in [-0.1, -0.05) is 30.3 Å². The van der Waals surface area contributed by atoms with Crippen LogP contribution in [0.3, 0.4) is 0 Å². The van der Waals surface area contributed by atoms with Crippen LogP contribution < -0.4 is 14.8 Å². The Morgan fingerprint density at radius 2 is 1.90 bits per heavy atom. The Labute approximate surface area is 177 Å². The number of nitrogens with zero attached hydrogens (tertiary/aromatic N) is 1. The van der Waals surface area contributed by atoms with Crippen molar-refractivity contribution in [1.82, 2.24) is 9.62 Å². The number of rotatable bonds is 5. The summed E-state index contributed by atoms with van der Waals surface area (Å²) in [5.41, 5.74) is 2.24. The molecule has 9 heteroatoms. The van der Waals surface area contributed by atoms with Gasteiger partial charge in [-0.2, -0.15) is 9.78 Å². The SMILES string of the molecule is CN1Sc2cc3c(cc2C=C1C(=O)N[C@@H](Cc1ccccc1)C1(O)OO1)OCCO3. The number of nitrogens with one attached hydrogen (secondary N) is 1. The quantitative estimate of drug-likeness (QED) is 0.425. The van der Waals surface area contributed by atoms with Gasteiger partial charge < -0.3 is 24.2 Å². The average Bonchev–Trinajstić information content (AvgIpc) is 3.50. The molecule has 1 amide bonds. The lowest BCUT2D eigenvalue weighted by Gasteiger charge is -2.29. The van der Waals surface area contributed by atoms with E-state index in [9.17, 15) is 9.90 Å². The van der Waals surface area contributed by atoms with Gasteiger partial charge in [0.05, 0.1) is 0 Å². The van der Waals surface area contributed by atoms with Crippen molar-refractivity contribution >= 4 is 23.9 Å². The summed E-state index contributed by atoms with van der Waals surface area (Å²) in [7, 11) is 1.81. The van der Waals surface area contributed by atoms with E-state index in [-0.39, 0.29) is 5.91 Å². The van der Waals surface area contributed by atoms with E-state index in [0.29, 0.717) is 36.8 Å². The Kier molecular flexibility index (Phi) is 4.82. The van der Waals surface area contributed by atoms with Gasteiger partial charge in [-0.15, -0.1) is 0 Å². The van der Waals surface area contributed by atoms with Crippen LogP contribution in [0.4, 0.5) is 0 Å². The third-order valence-corrected chi connectivity index (χ3v) is 6.08. The Morgan fingerprint density at radius 3 is 2.60 bits per heavy atom. The Hall–Kier alpha value is -2.72. The maximum atomic E-state index is 13.1. The Balaban J connectivity index is 1.39. The molecule has 0 radical (unpaired) electrons. The molecule has 5 rings (SSSR count). The fourth-order valence-corrected chi connectivity index (χ4v) is 4.35. The summed E-state index contributed by atoms with van der Waals surface area (Å²) in [5.74, 6) is -0.805. The van der Waals surface area contributed by atoms with Crippen LogP contribution in [0.2, 0.25) is 0 Å². The summed E-state index contributed by atoms with van der Waals surface area (Å²) < 4.78 is 13.1. The maximum Gasteiger partial charge on any atom is 0.358 e. The molecule has 156 valence electrons. The van der Waals surface area contributed by atoms with Gasteiger partial charge in [0.1, 0.15) is 25.0 Å². The van der Waals surface area contributed by atoms with E-state index >= 15 is 0 Å². The zero-order chi connectivity index (χ0) is 20.7. The van der Waals surface area contributed by atoms with Crippen LogP contribution in [0.1, 0.15) is 11.1 Å². The normalized spacial score (nSPS) is 19.4. The highest BCUT2D eigenvalue weighted by molar-refractivity contribution is 7.97. The summed E-state index contributed by atoms with van der Waals surface area (Å²) >= 11 is 1.42. The number of benzene rings is 2. The van der Waals surface area contributed by atoms with Crippen molar-refractivity contribution in [3.63, 3.8) is 0 Å². The van der Waals surface area contributed by atoms with Crippen molar-refractivity contribution in [1.29, 1.82) is 0 Å². The van der Waals surface area contributed by atoms with Crippen LogP contribution in [-0.2, 0) is 21.0 Å². The zero-order valence-corrected chi connectivity index (χ0v) is 17.0. The number of amides is 1. The summed E-state index contributed by atoms with van der Waals surface area (Å²) in [5, 5.41) is 13.2. The second-order valence-electron chi connectivity index (χ2n) is 7.17. The van der Waals surface area contributed by atoms with Crippen LogP contribution in [0.25, 0.3) is 6.08 Å². The highest BCUT2D eigenvalue weighted by Crippen LogP contribution is 2.42. The van der Waals surface area contributed by atoms with Crippen molar-refractivity contribution in [2.75, 3.05) is 20.3 Å². The molecule has 3 aliphatic heterocycles. The molecule has 2 aromatic rings. The Bertz CT molecular complexity index is 1010. The van der Waals surface area contributed by atoms with Crippen LogP contribution in [0.5, 0.6) is 11.5 Å². The fraction of sp³-hybridized carbons (Fsp3) is 0.286. The van der Waals surface area contributed by atoms with Gasteiger partial charge >= 0.3 is 5.97 Å². The molecule has 0 bridgehead atoms. The van der Waals surface area contributed by atoms with Gasteiger partial charge in [0.15, 0.2) is 11.5 Å². The van der Waals surface area contributed by atoms with Gasteiger partial charge in [0, 0.05) is 18.4 Å². The summed E-state index contributed by atoms with van der Waals surface area (Å²) in [4.78, 5) is 23.5. The van der Waals surface area contributed by atoms with Gasteiger partial charge in [0.2, 0.25) is 0 Å². The van der Waals surface area contributed by atoms with Crippen molar-refractivity contribution in [3.05, 3.63) is 59.3 Å². The molecule has 8 nitrogen and oxygen atoms in total. The van der Waals surface area contributed by atoms with Crippen molar-refractivity contribution in [2.45, 2.75) is 23.3 Å². The lowest BCUT2D eigenvalue weighted by atomic mass is 10.0. The number of fused-ring (bicyclic) bond motifs is 2. The van der Waals surface area contributed by atoms with Crippen LogP contribution >= 0.6 is 11.9 Å². The number of likely N-dealkylation sites (N-methyl/N-ethyl adjacent to an activating group) is 1. The van der Waals surface area contributed by atoms with Crippen LogP contribution in [-0.4, -0.2) is 47.6 Å². The van der Waals surface area contributed by atoms with Crippen molar-refractivity contribution in [2.24, 2.45) is 0 Å². The lowest BCUT2D eigenvalue weighted by Crippen LogP contribution is -2.48. The number of hydrogen-bond acceptors (Lipinski definition) is 8. The van der Waals surface area contributed by atoms with Gasteiger partial charge in [-0.05, 0) is 41.3 Å².